The number of benzene rings is 1. The zero-order valence-corrected chi connectivity index (χ0v) is 12.3. The van der Waals surface area contributed by atoms with Gasteiger partial charge in [0.15, 0.2) is 0 Å². The highest BCUT2D eigenvalue weighted by Crippen LogP contribution is 2.35. The number of piperidine rings is 1. The van der Waals surface area contributed by atoms with E-state index in [0.717, 1.165) is 50.9 Å². The molecule has 4 heteroatoms. The lowest BCUT2D eigenvalue weighted by atomic mass is 9.73. The molecule has 2 aliphatic rings. The lowest BCUT2D eigenvalue weighted by Gasteiger charge is -2.36. The van der Waals surface area contributed by atoms with Gasteiger partial charge in [-0.2, -0.15) is 0 Å². The predicted octanol–water partition coefficient (Wildman–Crippen LogP) is 2.03. The molecule has 2 fully saturated rings. The van der Waals surface area contributed by atoms with E-state index in [0.29, 0.717) is 6.61 Å². The predicted molar refractivity (Wildman–Crippen MR) is 80.2 cm³/mol. The summed E-state index contributed by atoms with van der Waals surface area (Å²) < 4.78 is 11.2. The van der Waals surface area contributed by atoms with Crippen LogP contribution in [-0.4, -0.2) is 38.4 Å². The van der Waals surface area contributed by atoms with Crippen LogP contribution in [0.2, 0.25) is 0 Å². The first-order valence-electron chi connectivity index (χ1n) is 7.86. The number of rotatable bonds is 4. The van der Waals surface area contributed by atoms with Gasteiger partial charge in [0.25, 0.3) is 0 Å². The normalized spacial score (nSPS) is 24.7. The SMILES string of the molecule is O=C(OCC1CCCO1)C1(c2ccccc2)CCNCC1. The summed E-state index contributed by atoms with van der Waals surface area (Å²) in [6.07, 6.45) is 3.73. The zero-order valence-electron chi connectivity index (χ0n) is 12.3. The Kier molecular flexibility index (Phi) is 4.56. The number of carbonyl (C=O) groups excluding carboxylic acids is 1. The molecule has 3 rings (SSSR count). The number of carbonyl (C=O) groups is 1. The van der Waals surface area contributed by atoms with Gasteiger partial charge in [0.05, 0.1) is 11.5 Å². The van der Waals surface area contributed by atoms with Crippen molar-refractivity contribution in [3.8, 4) is 0 Å². The standard InChI is InChI=1S/C17H23NO3/c19-16(21-13-15-7-4-12-20-15)17(8-10-18-11-9-17)14-5-2-1-3-6-14/h1-3,5-6,15,18H,4,7-13H2. The Bertz CT molecular complexity index is 462. The van der Waals surface area contributed by atoms with Gasteiger partial charge in [-0.25, -0.2) is 0 Å². The van der Waals surface area contributed by atoms with Crippen LogP contribution in [-0.2, 0) is 19.7 Å². The molecule has 0 aliphatic carbocycles. The molecule has 4 nitrogen and oxygen atoms in total. The molecule has 114 valence electrons. The fourth-order valence-corrected chi connectivity index (χ4v) is 3.30. The molecule has 1 N–H and O–H groups in total. The lowest BCUT2D eigenvalue weighted by Crippen LogP contribution is -2.47. The molecule has 2 heterocycles. The molecular weight excluding hydrogens is 266 g/mol. The van der Waals surface area contributed by atoms with Crippen molar-refractivity contribution in [1.82, 2.24) is 5.32 Å². The number of esters is 1. The molecule has 0 radical (unpaired) electrons. The van der Waals surface area contributed by atoms with Crippen molar-refractivity contribution in [3.05, 3.63) is 35.9 Å². The topological polar surface area (TPSA) is 47.6 Å². The second-order valence-electron chi connectivity index (χ2n) is 5.93. The van der Waals surface area contributed by atoms with E-state index in [1.165, 1.54) is 0 Å². The van der Waals surface area contributed by atoms with E-state index in [1.54, 1.807) is 0 Å². The maximum absolute atomic E-state index is 12.8. The average Bonchev–Trinajstić information content (AvgIpc) is 3.07. The first-order valence-corrected chi connectivity index (χ1v) is 7.86. The van der Waals surface area contributed by atoms with E-state index >= 15 is 0 Å². The van der Waals surface area contributed by atoms with Crippen LogP contribution >= 0.6 is 0 Å². The Morgan fingerprint density at radius 2 is 2.05 bits per heavy atom. The van der Waals surface area contributed by atoms with Crippen molar-refractivity contribution in [1.29, 1.82) is 0 Å². The Morgan fingerprint density at radius 1 is 1.29 bits per heavy atom. The summed E-state index contributed by atoms with van der Waals surface area (Å²) in [5.74, 6) is -0.0919. The third-order valence-corrected chi connectivity index (χ3v) is 4.60. The largest absolute Gasteiger partial charge is 0.462 e. The third-order valence-electron chi connectivity index (χ3n) is 4.60. The minimum atomic E-state index is -0.495. The molecule has 21 heavy (non-hydrogen) atoms. The molecule has 2 saturated heterocycles. The van der Waals surface area contributed by atoms with Crippen LogP contribution in [0.5, 0.6) is 0 Å². The number of ether oxygens (including phenoxy) is 2. The van der Waals surface area contributed by atoms with Gasteiger partial charge in [0.1, 0.15) is 6.61 Å². The molecule has 1 atom stereocenters. The van der Waals surface area contributed by atoms with E-state index in [-0.39, 0.29) is 12.1 Å². The van der Waals surface area contributed by atoms with Crippen LogP contribution in [0.25, 0.3) is 0 Å². The summed E-state index contributed by atoms with van der Waals surface area (Å²) in [7, 11) is 0. The van der Waals surface area contributed by atoms with Gasteiger partial charge in [0.2, 0.25) is 0 Å². The first kappa shape index (κ1) is 14.5. The summed E-state index contributed by atoms with van der Waals surface area (Å²) >= 11 is 0. The minimum absolute atomic E-state index is 0.0866. The summed E-state index contributed by atoms with van der Waals surface area (Å²) in [5.41, 5.74) is 0.578. The smallest absolute Gasteiger partial charge is 0.316 e. The molecular formula is C17H23NO3. The van der Waals surface area contributed by atoms with Crippen LogP contribution in [0.3, 0.4) is 0 Å². The van der Waals surface area contributed by atoms with Crippen molar-refractivity contribution in [3.63, 3.8) is 0 Å². The van der Waals surface area contributed by atoms with Crippen molar-refractivity contribution in [2.45, 2.75) is 37.2 Å². The molecule has 0 aromatic heterocycles. The number of hydrogen-bond donors (Lipinski definition) is 1. The quantitative estimate of drug-likeness (QED) is 0.862. The molecule has 0 saturated carbocycles. The maximum atomic E-state index is 12.8. The minimum Gasteiger partial charge on any atom is -0.462 e. The van der Waals surface area contributed by atoms with Crippen LogP contribution in [0, 0.1) is 0 Å². The molecule has 0 spiro atoms. The van der Waals surface area contributed by atoms with Crippen molar-refractivity contribution >= 4 is 5.97 Å². The molecule has 0 amide bonds. The van der Waals surface area contributed by atoms with Crippen LogP contribution in [0.1, 0.15) is 31.2 Å². The van der Waals surface area contributed by atoms with Gasteiger partial charge in [-0.05, 0) is 44.3 Å². The van der Waals surface area contributed by atoms with Crippen LogP contribution in [0.4, 0.5) is 0 Å². The van der Waals surface area contributed by atoms with E-state index in [1.807, 2.05) is 30.3 Å². The Balaban J connectivity index is 1.73. The highest BCUT2D eigenvalue weighted by molar-refractivity contribution is 5.83. The summed E-state index contributed by atoms with van der Waals surface area (Å²) in [6, 6.07) is 10.0. The number of nitrogens with one attached hydrogen (secondary N) is 1. The van der Waals surface area contributed by atoms with Crippen LogP contribution in [0.15, 0.2) is 30.3 Å². The van der Waals surface area contributed by atoms with Crippen LogP contribution < -0.4 is 5.32 Å². The van der Waals surface area contributed by atoms with Gasteiger partial charge in [-0.1, -0.05) is 30.3 Å². The molecule has 1 aromatic carbocycles. The first-order chi connectivity index (χ1) is 10.3. The van der Waals surface area contributed by atoms with Crippen molar-refractivity contribution in [2.75, 3.05) is 26.3 Å². The highest BCUT2D eigenvalue weighted by atomic mass is 16.6. The molecule has 2 aliphatic heterocycles. The van der Waals surface area contributed by atoms with E-state index in [2.05, 4.69) is 5.32 Å². The monoisotopic (exact) mass is 289 g/mol. The lowest BCUT2D eigenvalue weighted by molar-refractivity contribution is -0.155. The highest BCUT2D eigenvalue weighted by Gasteiger charge is 2.42. The van der Waals surface area contributed by atoms with Gasteiger partial charge in [-0.15, -0.1) is 0 Å². The second-order valence-corrected chi connectivity index (χ2v) is 5.93. The van der Waals surface area contributed by atoms with Gasteiger partial charge < -0.3 is 14.8 Å². The third kappa shape index (κ3) is 3.11. The molecule has 1 unspecified atom stereocenters. The molecule has 1 aromatic rings. The van der Waals surface area contributed by atoms with Crippen molar-refractivity contribution in [2.24, 2.45) is 0 Å². The van der Waals surface area contributed by atoms with Gasteiger partial charge in [0, 0.05) is 6.61 Å². The second kappa shape index (κ2) is 6.58. The van der Waals surface area contributed by atoms with E-state index in [9.17, 15) is 4.79 Å². The van der Waals surface area contributed by atoms with Gasteiger partial charge >= 0.3 is 5.97 Å². The fourth-order valence-electron chi connectivity index (χ4n) is 3.30. The summed E-state index contributed by atoms with van der Waals surface area (Å²) in [6.45, 7) is 2.88. The maximum Gasteiger partial charge on any atom is 0.316 e. The van der Waals surface area contributed by atoms with Gasteiger partial charge in [-0.3, -0.25) is 4.79 Å². The average molecular weight is 289 g/mol. The van der Waals surface area contributed by atoms with E-state index in [4.69, 9.17) is 9.47 Å². The summed E-state index contributed by atoms with van der Waals surface area (Å²) in [4.78, 5) is 12.8. The van der Waals surface area contributed by atoms with Crippen molar-refractivity contribution < 1.29 is 14.3 Å². The fraction of sp³-hybridized carbons (Fsp3) is 0.588. The molecule has 0 bridgehead atoms. The Morgan fingerprint density at radius 3 is 2.71 bits per heavy atom. The Hall–Kier alpha value is -1.39. The zero-order chi connectivity index (χ0) is 14.5. The number of hydrogen-bond acceptors (Lipinski definition) is 4. The van der Waals surface area contributed by atoms with E-state index < -0.39 is 5.41 Å². The summed E-state index contributed by atoms with van der Waals surface area (Å²) in [5, 5.41) is 3.33. The Labute approximate surface area is 125 Å².